The number of hydrogen-bond acceptors (Lipinski definition) is 4. The molecule has 0 aliphatic carbocycles. The molecule has 1 aromatic heterocycles. The molecule has 2 heterocycles. The first-order valence-corrected chi connectivity index (χ1v) is 6.93. The minimum atomic E-state index is -0.236. The Bertz CT molecular complexity index is 584. The Morgan fingerprint density at radius 3 is 2.67 bits per heavy atom. The summed E-state index contributed by atoms with van der Waals surface area (Å²) in [5, 5.41) is 1.09. The van der Waals surface area contributed by atoms with Crippen molar-refractivity contribution in [2.75, 3.05) is 0 Å². The number of benzene rings is 1. The molecule has 0 saturated carbocycles. The highest BCUT2D eigenvalue weighted by Gasteiger charge is 2.44. The molecule has 3 nitrogen and oxygen atoms in total. The van der Waals surface area contributed by atoms with Crippen LogP contribution >= 0.6 is 11.3 Å². The summed E-state index contributed by atoms with van der Waals surface area (Å²) in [6.45, 7) is 8.36. The Labute approximate surface area is 111 Å². The van der Waals surface area contributed by atoms with Crippen molar-refractivity contribution in [2.24, 2.45) is 5.41 Å². The minimum Gasteiger partial charge on any atom is -0.382 e. The van der Waals surface area contributed by atoms with Crippen molar-refractivity contribution < 1.29 is 9.31 Å². The van der Waals surface area contributed by atoms with Gasteiger partial charge in [0.15, 0.2) is 0 Å². The van der Waals surface area contributed by atoms with Crippen molar-refractivity contribution >= 4 is 34.1 Å². The summed E-state index contributed by atoms with van der Waals surface area (Å²) in [5.41, 5.74) is 2.10. The third-order valence-electron chi connectivity index (χ3n) is 2.99. The van der Waals surface area contributed by atoms with Crippen LogP contribution in [0.4, 0.5) is 0 Å². The van der Waals surface area contributed by atoms with Crippen molar-refractivity contribution in [3.05, 3.63) is 23.2 Å². The minimum absolute atomic E-state index is 0.0256. The summed E-state index contributed by atoms with van der Waals surface area (Å²) < 4.78 is 12.8. The van der Waals surface area contributed by atoms with Gasteiger partial charge in [0.25, 0.3) is 0 Å². The molecule has 1 fully saturated rings. The van der Waals surface area contributed by atoms with Gasteiger partial charge in [0, 0.05) is 5.41 Å². The fourth-order valence-electron chi connectivity index (χ4n) is 2.01. The Morgan fingerprint density at radius 2 is 2.00 bits per heavy atom. The van der Waals surface area contributed by atoms with E-state index in [2.05, 4.69) is 44.0 Å². The van der Waals surface area contributed by atoms with Crippen LogP contribution in [-0.2, 0) is 9.31 Å². The molecule has 0 atom stereocenters. The predicted octanol–water partition coefficient (Wildman–Crippen LogP) is 2.72. The zero-order chi connectivity index (χ0) is 12.9. The van der Waals surface area contributed by atoms with E-state index < -0.39 is 0 Å². The Morgan fingerprint density at radius 1 is 1.28 bits per heavy atom. The number of rotatable bonds is 1. The van der Waals surface area contributed by atoms with Crippen LogP contribution in [0, 0.1) is 12.3 Å². The number of thiazole rings is 1. The molecule has 1 saturated heterocycles. The molecule has 0 N–H and O–H groups in total. The van der Waals surface area contributed by atoms with Crippen LogP contribution in [0.3, 0.4) is 0 Å². The molecular formula is C13H16BNO2S. The summed E-state index contributed by atoms with van der Waals surface area (Å²) in [6, 6.07) is 6.21. The second-order valence-corrected chi connectivity index (χ2v) is 7.00. The van der Waals surface area contributed by atoms with Gasteiger partial charge in [-0.1, -0.05) is 26.8 Å². The van der Waals surface area contributed by atoms with Crippen molar-refractivity contribution in [1.82, 2.24) is 4.98 Å². The fraction of sp³-hybridized carbons (Fsp3) is 0.462. The predicted molar refractivity (Wildman–Crippen MR) is 75.2 cm³/mol. The second kappa shape index (κ2) is 4.05. The third-order valence-corrected chi connectivity index (χ3v) is 3.94. The third kappa shape index (κ3) is 2.07. The van der Waals surface area contributed by atoms with Crippen molar-refractivity contribution in [3.8, 4) is 0 Å². The zero-order valence-electron chi connectivity index (χ0n) is 11.1. The van der Waals surface area contributed by atoms with E-state index in [0.717, 1.165) is 16.0 Å². The standard InChI is InChI=1S/C13H16BNO2S/c1-8-15-10-7-9(5-6-11(10)18-8)14-16-12(17-14)13(2,3)4/h5-7,12H,1-4H3. The fourth-order valence-corrected chi connectivity index (χ4v) is 2.81. The van der Waals surface area contributed by atoms with Gasteiger partial charge in [-0.25, -0.2) is 4.98 Å². The van der Waals surface area contributed by atoms with Gasteiger partial charge in [0.05, 0.1) is 15.2 Å². The summed E-state index contributed by atoms with van der Waals surface area (Å²) in [4.78, 5) is 4.49. The molecule has 2 aromatic rings. The highest BCUT2D eigenvalue weighted by molar-refractivity contribution is 7.18. The van der Waals surface area contributed by atoms with Gasteiger partial charge < -0.3 is 9.31 Å². The maximum atomic E-state index is 5.80. The number of aromatic nitrogens is 1. The first-order chi connectivity index (χ1) is 8.43. The lowest BCUT2D eigenvalue weighted by molar-refractivity contribution is -0.167. The summed E-state index contributed by atoms with van der Waals surface area (Å²) in [6.07, 6.45) is -0.115. The first-order valence-electron chi connectivity index (χ1n) is 6.11. The van der Waals surface area contributed by atoms with Gasteiger partial charge >= 0.3 is 7.12 Å². The van der Waals surface area contributed by atoms with Crippen molar-refractivity contribution in [2.45, 2.75) is 34.0 Å². The van der Waals surface area contributed by atoms with Gasteiger partial charge in [-0.2, -0.15) is 0 Å². The number of fused-ring (bicyclic) bond motifs is 1. The quantitative estimate of drug-likeness (QED) is 0.739. The van der Waals surface area contributed by atoms with Gasteiger partial charge in [-0.05, 0) is 24.5 Å². The topological polar surface area (TPSA) is 31.4 Å². The smallest absolute Gasteiger partial charge is 0.382 e. The molecular weight excluding hydrogens is 245 g/mol. The maximum Gasteiger partial charge on any atom is 0.497 e. The summed E-state index contributed by atoms with van der Waals surface area (Å²) in [5.74, 6) is 0. The van der Waals surface area contributed by atoms with Crippen LogP contribution in [0.25, 0.3) is 10.2 Å². The molecule has 94 valence electrons. The SMILES string of the molecule is Cc1nc2cc(B3OC(C(C)(C)C)O3)ccc2s1. The van der Waals surface area contributed by atoms with E-state index >= 15 is 0 Å². The zero-order valence-corrected chi connectivity index (χ0v) is 11.9. The van der Waals surface area contributed by atoms with Gasteiger partial charge in [0.1, 0.15) is 6.29 Å². The van der Waals surface area contributed by atoms with E-state index in [1.54, 1.807) is 11.3 Å². The summed E-state index contributed by atoms with van der Waals surface area (Å²) in [7, 11) is -0.236. The van der Waals surface area contributed by atoms with Crippen LogP contribution in [0.5, 0.6) is 0 Å². The lowest BCUT2D eigenvalue weighted by Crippen LogP contribution is -2.57. The molecule has 3 rings (SSSR count). The van der Waals surface area contributed by atoms with E-state index in [9.17, 15) is 0 Å². The molecule has 0 unspecified atom stereocenters. The van der Waals surface area contributed by atoms with E-state index in [1.165, 1.54) is 4.70 Å². The largest absolute Gasteiger partial charge is 0.497 e. The average molecular weight is 261 g/mol. The van der Waals surface area contributed by atoms with Crippen LogP contribution in [0.2, 0.25) is 0 Å². The maximum absolute atomic E-state index is 5.80. The molecule has 0 radical (unpaired) electrons. The van der Waals surface area contributed by atoms with Gasteiger partial charge in [-0.3, -0.25) is 0 Å². The van der Waals surface area contributed by atoms with Crippen molar-refractivity contribution in [1.29, 1.82) is 0 Å². The van der Waals surface area contributed by atoms with E-state index in [1.807, 2.05) is 6.92 Å². The molecule has 0 amide bonds. The number of hydrogen-bond donors (Lipinski definition) is 0. The van der Waals surface area contributed by atoms with Crippen LogP contribution in [-0.4, -0.2) is 18.4 Å². The molecule has 0 spiro atoms. The van der Waals surface area contributed by atoms with Crippen LogP contribution in [0.1, 0.15) is 25.8 Å². The Hall–Kier alpha value is -0.905. The molecule has 5 heteroatoms. The van der Waals surface area contributed by atoms with E-state index in [4.69, 9.17) is 9.31 Å². The molecule has 1 aliphatic rings. The van der Waals surface area contributed by atoms with Crippen LogP contribution < -0.4 is 5.46 Å². The highest BCUT2D eigenvalue weighted by atomic mass is 32.1. The molecule has 0 bridgehead atoms. The monoisotopic (exact) mass is 261 g/mol. The van der Waals surface area contributed by atoms with E-state index in [0.29, 0.717) is 0 Å². The van der Waals surface area contributed by atoms with Crippen molar-refractivity contribution in [3.63, 3.8) is 0 Å². The lowest BCUT2D eigenvalue weighted by Gasteiger charge is -2.42. The Kier molecular flexibility index (Phi) is 2.73. The Balaban J connectivity index is 1.80. The molecule has 1 aliphatic heterocycles. The first kappa shape index (κ1) is 12.1. The number of nitrogens with zero attached hydrogens (tertiary/aromatic N) is 1. The van der Waals surface area contributed by atoms with E-state index in [-0.39, 0.29) is 18.8 Å². The van der Waals surface area contributed by atoms with Gasteiger partial charge in [-0.15, -0.1) is 11.3 Å². The second-order valence-electron chi connectivity index (χ2n) is 5.76. The normalized spacial score (nSPS) is 17.2. The molecule has 1 aromatic carbocycles. The summed E-state index contributed by atoms with van der Waals surface area (Å²) >= 11 is 1.71. The van der Waals surface area contributed by atoms with Crippen LogP contribution in [0.15, 0.2) is 18.2 Å². The van der Waals surface area contributed by atoms with Gasteiger partial charge in [0.2, 0.25) is 0 Å². The molecule has 18 heavy (non-hydrogen) atoms. The highest BCUT2D eigenvalue weighted by Crippen LogP contribution is 2.31. The lowest BCUT2D eigenvalue weighted by atomic mass is 9.74. The number of aryl methyl sites for hydroxylation is 1. The average Bonchev–Trinajstić information content (AvgIpc) is 2.52.